The molecule has 1 aromatic rings. The molecule has 1 heterocycles. The molecule has 1 aliphatic rings. The van der Waals surface area contributed by atoms with Crippen LogP contribution in [0.2, 0.25) is 0 Å². The van der Waals surface area contributed by atoms with E-state index in [1.165, 1.54) is 6.92 Å². The van der Waals surface area contributed by atoms with Crippen molar-refractivity contribution < 1.29 is 24.3 Å². The summed E-state index contributed by atoms with van der Waals surface area (Å²) in [5.41, 5.74) is 0.751. The van der Waals surface area contributed by atoms with Crippen molar-refractivity contribution in [2.75, 3.05) is 6.54 Å². The van der Waals surface area contributed by atoms with Gasteiger partial charge < -0.3 is 5.11 Å². The molecule has 0 radical (unpaired) electrons. The van der Waals surface area contributed by atoms with E-state index in [1.54, 1.807) is 24.3 Å². The van der Waals surface area contributed by atoms with E-state index in [0.29, 0.717) is 17.5 Å². The van der Waals surface area contributed by atoms with E-state index in [4.69, 9.17) is 5.11 Å². The van der Waals surface area contributed by atoms with Crippen molar-refractivity contribution in [2.45, 2.75) is 25.0 Å². The quantitative estimate of drug-likeness (QED) is 0.803. The number of carboxylic acids is 1. The Labute approximate surface area is 131 Å². The second-order valence-corrected chi connectivity index (χ2v) is 6.27. The topological polar surface area (TPSA) is 91.8 Å². The van der Waals surface area contributed by atoms with E-state index in [2.05, 4.69) is 0 Å². The summed E-state index contributed by atoms with van der Waals surface area (Å²) in [7, 11) is 0. The standard InChI is InChI=1S/C15H15NO5S/c1-9(17)22-12(15(20)21)7-4-8-16-13(18)10-5-2-3-6-11(10)14(16)19/h2-3,5-6,12H,4,7-8H2,1H3,(H,20,21)/t12-/m1/s1. The van der Waals surface area contributed by atoms with Gasteiger partial charge in [-0.25, -0.2) is 0 Å². The summed E-state index contributed by atoms with van der Waals surface area (Å²) in [6, 6.07) is 6.58. The fourth-order valence-electron chi connectivity index (χ4n) is 2.31. The van der Waals surface area contributed by atoms with E-state index in [0.717, 1.165) is 16.7 Å². The van der Waals surface area contributed by atoms with Gasteiger partial charge in [-0.2, -0.15) is 0 Å². The molecule has 2 rings (SSSR count). The van der Waals surface area contributed by atoms with E-state index in [-0.39, 0.29) is 29.9 Å². The molecule has 0 aromatic heterocycles. The number of hydrogen-bond acceptors (Lipinski definition) is 5. The molecule has 116 valence electrons. The molecule has 22 heavy (non-hydrogen) atoms. The number of carbonyl (C=O) groups is 4. The Morgan fingerprint density at radius 3 is 2.18 bits per heavy atom. The highest BCUT2D eigenvalue weighted by molar-refractivity contribution is 8.14. The Bertz CT molecular complexity index is 608. The number of carbonyl (C=O) groups excluding carboxylic acids is 3. The van der Waals surface area contributed by atoms with Gasteiger partial charge in [-0.05, 0) is 25.0 Å². The average Bonchev–Trinajstić information content (AvgIpc) is 2.71. The number of thioether (sulfide) groups is 1. The van der Waals surface area contributed by atoms with Crippen molar-refractivity contribution in [1.29, 1.82) is 0 Å². The van der Waals surface area contributed by atoms with Gasteiger partial charge in [-0.15, -0.1) is 0 Å². The second kappa shape index (κ2) is 6.74. The highest BCUT2D eigenvalue weighted by Crippen LogP contribution is 2.24. The summed E-state index contributed by atoms with van der Waals surface area (Å²) < 4.78 is 0. The lowest BCUT2D eigenvalue weighted by molar-refractivity contribution is -0.136. The number of fused-ring (bicyclic) bond motifs is 1. The van der Waals surface area contributed by atoms with Crippen LogP contribution in [0.15, 0.2) is 24.3 Å². The zero-order valence-electron chi connectivity index (χ0n) is 11.9. The van der Waals surface area contributed by atoms with Gasteiger partial charge >= 0.3 is 5.97 Å². The number of carboxylic acid groups (broad SMARTS) is 1. The Balaban J connectivity index is 1.96. The molecule has 2 amide bonds. The van der Waals surface area contributed by atoms with Gasteiger partial charge in [0.05, 0.1) is 11.1 Å². The van der Waals surface area contributed by atoms with Crippen LogP contribution in [0, 0.1) is 0 Å². The molecule has 0 saturated carbocycles. The lowest BCUT2D eigenvalue weighted by atomic mass is 10.1. The van der Waals surface area contributed by atoms with Gasteiger partial charge in [0.15, 0.2) is 5.12 Å². The number of aliphatic carboxylic acids is 1. The molecule has 0 bridgehead atoms. The highest BCUT2D eigenvalue weighted by Gasteiger charge is 2.34. The molecule has 6 nitrogen and oxygen atoms in total. The average molecular weight is 321 g/mol. The molecule has 0 aliphatic carbocycles. The highest BCUT2D eigenvalue weighted by atomic mass is 32.2. The Hall–Kier alpha value is -2.15. The predicted molar refractivity (Wildman–Crippen MR) is 80.7 cm³/mol. The van der Waals surface area contributed by atoms with Gasteiger partial charge in [0.2, 0.25) is 0 Å². The molecule has 0 unspecified atom stereocenters. The van der Waals surface area contributed by atoms with Crippen LogP contribution in [-0.4, -0.2) is 44.7 Å². The van der Waals surface area contributed by atoms with Crippen molar-refractivity contribution in [3.8, 4) is 0 Å². The van der Waals surface area contributed by atoms with Crippen molar-refractivity contribution in [3.05, 3.63) is 35.4 Å². The van der Waals surface area contributed by atoms with Crippen molar-refractivity contribution in [3.63, 3.8) is 0 Å². The maximum absolute atomic E-state index is 12.1. The third-order valence-corrected chi connectivity index (χ3v) is 4.36. The van der Waals surface area contributed by atoms with Crippen LogP contribution in [0.4, 0.5) is 0 Å². The minimum atomic E-state index is -1.07. The Kier molecular flexibility index (Phi) is 4.97. The summed E-state index contributed by atoms with van der Waals surface area (Å²) in [5.74, 6) is -1.78. The SMILES string of the molecule is CC(=O)S[C@H](CCCN1C(=O)c2ccccc2C1=O)C(=O)O. The second-order valence-electron chi connectivity index (χ2n) is 4.89. The van der Waals surface area contributed by atoms with Crippen LogP contribution in [0.1, 0.15) is 40.5 Å². The third kappa shape index (κ3) is 3.36. The van der Waals surface area contributed by atoms with Gasteiger partial charge in [-0.1, -0.05) is 23.9 Å². The van der Waals surface area contributed by atoms with Gasteiger partial charge in [0.1, 0.15) is 5.25 Å². The Morgan fingerprint density at radius 2 is 1.73 bits per heavy atom. The molecule has 0 spiro atoms. The largest absolute Gasteiger partial charge is 0.480 e. The molecule has 1 N–H and O–H groups in total. The molecule has 1 atom stereocenters. The van der Waals surface area contributed by atoms with Crippen LogP contribution in [0.3, 0.4) is 0 Å². The van der Waals surface area contributed by atoms with Gasteiger partial charge in [-0.3, -0.25) is 24.1 Å². The fourth-order valence-corrected chi connectivity index (χ4v) is 3.10. The number of nitrogens with zero attached hydrogens (tertiary/aromatic N) is 1. The zero-order chi connectivity index (χ0) is 16.3. The first-order valence-corrected chi connectivity index (χ1v) is 7.65. The molecule has 7 heteroatoms. The lowest BCUT2D eigenvalue weighted by Gasteiger charge is -2.15. The molecular weight excluding hydrogens is 306 g/mol. The first-order valence-electron chi connectivity index (χ1n) is 6.77. The summed E-state index contributed by atoms with van der Waals surface area (Å²) in [6.45, 7) is 1.46. The van der Waals surface area contributed by atoms with Gasteiger partial charge in [0, 0.05) is 13.5 Å². The third-order valence-electron chi connectivity index (χ3n) is 3.31. The fraction of sp³-hybridized carbons (Fsp3) is 0.333. The predicted octanol–water partition coefficient (Wildman–Crippen LogP) is 1.80. The molecule has 1 aliphatic heterocycles. The Morgan fingerprint density at radius 1 is 1.18 bits per heavy atom. The van der Waals surface area contributed by atoms with Crippen LogP contribution in [-0.2, 0) is 9.59 Å². The zero-order valence-corrected chi connectivity index (χ0v) is 12.8. The first kappa shape index (κ1) is 16.2. The normalized spacial score (nSPS) is 14.9. The van der Waals surface area contributed by atoms with E-state index in [1.807, 2.05) is 0 Å². The van der Waals surface area contributed by atoms with E-state index in [9.17, 15) is 19.2 Å². The van der Waals surface area contributed by atoms with Crippen molar-refractivity contribution >= 4 is 34.7 Å². The van der Waals surface area contributed by atoms with Crippen LogP contribution >= 0.6 is 11.8 Å². The van der Waals surface area contributed by atoms with Crippen molar-refractivity contribution in [1.82, 2.24) is 4.90 Å². The maximum atomic E-state index is 12.1. The minimum Gasteiger partial charge on any atom is -0.480 e. The first-order chi connectivity index (χ1) is 10.4. The van der Waals surface area contributed by atoms with Crippen molar-refractivity contribution in [2.24, 2.45) is 0 Å². The van der Waals surface area contributed by atoms with E-state index >= 15 is 0 Å². The summed E-state index contributed by atoms with van der Waals surface area (Å²) in [5, 5.41) is 7.92. The minimum absolute atomic E-state index is 0.147. The van der Waals surface area contributed by atoms with Crippen LogP contribution in [0.25, 0.3) is 0 Å². The number of amides is 2. The molecule has 1 aromatic carbocycles. The number of imide groups is 1. The van der Waals surface area contributed by atoms with Crippen LogP contribution in [0.5, 0.6) is 0 Å². The lowest BCUT2D eigenvalue weighted by Crippen LogP contribution is -2.31. The monoisotopic (exact) mass is 321 g/mol. The van der Waals surface area contributed by atoms with Crippen LogP contribution < -0.4 is 0 Å². The summed E-state index contributed by atoms with van der Waals surface area (Å²) in [6.07, 6.45) is 0.551. The number of rotatable bonds is 6. The number of benzene rings is 1. The molecular formula is C15H15NO5S. The molecule has 0 fully saturated rings. The number of hydrogen-bond donors (Lipinski definition) is 1. The smallest absolute Gasteiger partial charge is 0.317 e. The summed E-state index contributed by atoms with van der Waals surface area (Å²) >= 11 is 0.752. The molecule has 0 saturated heterocycles. The maximum Gasteiger partial charge on any atom is 0.317 e. The van der Waals surface area contributed by atoms with E-state index < -0.39 is 11.2 Å². The summed E-state index contributed by atoms with van der Waals surface area (Å²) in [4.78, 5) is 47.4. The van der Waals surface area contributed by atoms with Gasteiger partial charge in [0.25, 0.3) is 11.8 Å².